The third kappa shape index (κ3) is 1.61. The van der Waals surface area contributed by atoms with Gasteiger partial charge in [0.2, 0.25) is 0 Å². The van der Waals surface area contributed by atoms with Crippen molar-refractivity contribution in [1.82, 2.24) is 0 Å². The molecule has 1 aromatic rings. The van der Waals surface area contributed by atoms with Gasteiger partial charge in [-0.1, -0.05) is 0 Å². The molecule has 1 aliphatic rings. The SMILES string of the molecule is OCc1cc2c(cc1O)OCCCO2. The Kier molecular flexibility index (Phi) is 2.45. The number of aliphatic hydroxyl groups is 1. The second kappa shape index (κ2) is 3.75. The Morgan fingerprint density at radius 3 is 2.43 bits per heavy atom. The Bertz CT molecular complexity index is 335. The quantitative estimate of drug-likeness (QED) is 0.704. The molecule has 0 aromatic heterocycles. The second-order valence-corrected chi connectivity index (χ2v) is 3.14. The highest BCUT2D eigenvalue weighted by molar-refractivity contribution is 5.50. The zero-order chi connectivity index (χ0) is 9.97. The average Bonchev–Trinajstić information content (AvgIpc) is 2.41. The molecule has 0 radical (unpaired) electrons. The fourth-order valence-electron chi connectivity index (χ4n) is 1.37. The monoisotopic (exact) mass is 196 g/mol. The molecular formula is C10H12O4. The van der Waals surface area contributed by atoms with Gasteiger partial charge in [-0.2, -0.15) is 0 Å². The minimum atomic E-state index is -0.206. The predicted octanol–water partition coefficient (Wildman–Crippen LogP) is 1.05. The van der Waals surface area contributed by atoms with Gasteiger partial charge in [0.1, 0.15) is 5.75 Å². The summed E-state index contributed by atoms with van der Waals surface area (Å²) < 4.78 is 10.8. The molecule has 0 atom stereocenters. The maximum atomic E-state index is 9.46. The standard InChI is InChI=1S/C10H12O4/c11-6-7-4-9-10(5-8(7)12)14-3-1-2-13-9/h4-5,11-12H,1-3,6H2. The molecular weight excluding hydrogens is 184 g/mol. The number of ether oxygens (including phenoxy) is 2. The summed E-state index contributed by atoms with van der Waals surface area (Å²) in [7, 11) is 0. The molecule has 0 spiro atoms. The molecule has 4 heteroatoms. The number of rotatable bonds is 1. The second-order valence-electron chi connectivity index (χ2n) is 3.14. The summed E-state index contributed by atoms with van der Waals surface area (Å²) in [6.45, 7) is 0.982. The van der Waals surface area contributed by atoms with E-state index < -0.39 is 0 Å². The Morgan fingerprint density at radius 2 is 1.79 bits per heavy atom. The molecule has 0 amide bonds. The first-order chi connectivity index (χ1) is 6.81. The van der Waals surface area contributed by atoms with Gasteiger partial charge in [-0.25, -0.2) is 0 Å². The highest BCUT2D eigenvalue weighted by atomic mass is 16.5. The van der Waals surface area contributed by atoms with Gasteiger partial charge < -0.3 is 19.7 Å². The summed E-state index contributed by atoms with van der Waals surface area (Å²) >= 11 is 0. The lowest BCUT2D eigenvalue weighted by molar-refractivity contribution is 0.273. The topological polar surface area (TPSA) is 58.9 Å². The summed E-state index contributed by atoms with van der Waals surface area (Å²) in [5, 5.41) is 18.4. The van der Waals surface area contributed by atoms with Gasteiger partial charge >= 0.3 is 0 Å². The molecule has 1 aliphatic heterocycles. The number of hydrogen-bond donors (Lipinski definition) is 2. The number of hydrogen-bond acceptors (Lipinski definition) is 4. The van der Waals surface area contributed by atoms with E-state index in [1.165, 1.54) is 6.07 Å². The van der Waals surface area contributed by atoms with Gasteiger partial charge in [0.05, 0.1) is 19.8 Å². The van der Waals surface area contributed by atoms with E-state index in [0.29, 0.717) is 30.3 Å². The van der Waals surface area contributed by atoms with Crippen molar-refractivity contribution in [2.75, 3.05) is 13.2 Å². The van der Waals surface area contributed by atoms with Crippen LogP contribution in [0.1, 0.15) is 12.0 Å². The van der Waals surface area contributed by atoms with Crippen LogP contribution >= 0.6 is 0 Å². The fourth-order valence-corrected chi connectivity index (χ4v) is 1.37. The molecule has 4 nitrogen and oxygen atoms in total. The summed E-state index contributed by atoms with van der Waals surface area (Å²) in [5.74, 6) is 1.17. The number of benzene rings is 1. The van der Waals surface area contributed by atoms with Crippen LogP contribution in [0, 0.1) is 0 Å². The van der Waals surface area contributed by atoms with Gasteiger partial charge in [-0.3, -0.25) is 0 Å². The summed E-state index contributed by atoms with van der Waals surface area (Å²) in [6.07, 6.45) is 0.823. The van der Waals surface area contributed by atoms with Crippen molar-refractivity contribution in [3.05, 3.63) is 17.7 Å². The normalized spacial score (nSPS) is 14.9. The molecule has 14 heavy (non-hydrogen) atoms. The van der Waals surface area contributed by atoms with Crippen LogP contribution < -0.4 is 9.47 Å². The minimum absolute atomic E-state index is 0.0387. The van der Waals surface area contributed by atoms with Crippen LogP contribution in [0.5, 0.6) is 17.2 Å². The third-order valence-electron chi connectivity index (χ3n) is 2.12. The predicted molar refractivity (Wildman–Crippen MR) is 49.6 cm³/mol. The highest BCUT2D eigenvalue weighted by Gasteiger charge is 2.13. The van der Waals surface area contributed by atoms with Crippen molar-refractivity contribution < 1.29 is 19.7 Å². The van der Waals surface area contributed by atoms with E-state index in [9.17, 15) is 5.11 Å². The molecule has 0 fully saturated rings. The highest BCUT2D eigenvalue weighted by Crippen LogP contribution is 2.35. The largest absolute Gasteiger partial charge is 0.507 e. The zero-order valence-electron chi connectivity index (χ0n) is 7.69. The lowest BCUT2D eigenvalue weighted by Gasteiger charge is -2.09. The Balaban J connectivity index is 2.41. The lowest BCUT2D eigenvalue weighted by Crippen LogP contribution is -1.97. The summed E-state index contributed by atoms with van der Waals surface area (Å²) in [6, 6.07) is 3.09. The van der Waals surface area contributed by atoms with Gasteiger partial charge in [0, 0.05) is 18.1 Å². The van der Waals surface area contributed by atoms with E-state index in [2.05, 4.69) is 0 Å². The van der Waals surface area contributed by atoms with Gasteiger partial charge in [-0.05, 0) is 6.07 Å². The third-order valence-corrected chi connectivity index (χ3v) is 2.12. The van der Waals surface area contributed by atoms with Crippen LogP contribution in [-0.4, -0.2) is 23.4 Å². The van der Waals surface area contributed by atoms with E-state index in [-0.39, 0.29) is 12.4 Å². The average molecular weight is 196 g/mol. The van der Waals surface area contributed by atoms with Crippen molar-refractivity contribution in [3.8, 4) is 17.2 Å². The molecule has 0 bridgehead atoms. The van der Waals surface area contributed by atoms with Crippen LogP contribution in [-0.2, 0) is 6.61 Å². The van der Waals surface area contributed by atoms with Crippen LogP contribution in [0.4, 0.5) is 0 Å². The number of aromatic hydroxyl groups is 1. The van der Waals surface area contributed by atoms with Crippen molar-refractivity contribution in [3.63, 3.8) is 0 Å². The minimum Gasteiger partial charge on any atom is -0.507 e. The molecule has 2 N–H and O–H groups in total. The zero-order valence-corrected chi connectivity index (χ0v) is 7.69. The molecule has 2 rings (SSSR count). The van der Waals surface area contributed by atoms with Crippen LogP contribution in [0.25, 0.3) is 0 Å². The van der Waals surface area contributed by atoms with E-state index >= 15 is 0 Å². The Morgan fingerprint density at radius 1 is 1.14 bits per heavy atom. The van der Waals surface area contributed by atoms with E-state index in [4.69, 9.17) is 14.6 Å². The number of phenols is 1. The van der Waals surface area contributed by atoms with Crippen molar-refractivity contribution in [2.45, 2.75) is 13.0 Å². The number of aliphatic hydroxyl groups excluding tert-OH is 1. The van der Waals surface area contributed by atoms with Crippen LogP contribution in [0.15, 0.2) is 12.1 Å². The first kappa shape index (κ1) is 9.15. The molecule has 76 valence electrons. The van der Waals surface area contributed by atoms with Crippen molar-refractivity contribution in [1.29, 1.82) is 0 Å². The van der Waals surface area contributed by atoms with E-state index in [0.717, 1.165) is 6.42 Å². The van der Waals surface area contributed by atoms with Crippen LogP contribution in [0.2, 0.25) is 0 Å². The lowest BCUT2D eigenvalue weighted by atomic mass is 10.2. The molecule has 1 heterocycles. The number of fused-ring (bicyclic) bond motifs is 1. The fraction of sp³-hybridized carbons (Fsp3) is 0.400. The van der Waals surface area contributed by atoms with Crippen molar-refractivity contribution >= 4 is 0 Å². The maximum absolute atomic E-state index is 9.46. The van der Waals surface area contributed by atoms with Gasteiger partial charge in [-0.15, -0.1) is 0 Å². The van der Waals surface area contributed by atoms with Crippen molar-refractivity contribution in [2.24, 2.45) is 0 Å². The Labute approximate surface area is 81.7 Å². The molecule has 1 aromatic carbocycles. The first-order valence-corrected chi connectivity index (χ1v) is 4.53. The summed E-state index contributed by atoms with van der Waals surface area (Å²) in [4.78, 5) is 0. The molecule has 0 aliphatic carbocycles. The summed E-state index contributed by atoms with van der Waals surface area (Å²) in [5.41, 5.74) is 0.453. The van der Waals surface area contributed by atoms with E-state index in [1.807, 2.05) is 0 Å². The molecule has 0 saturated heterocycles. The maximum Gasteiger partial charge on any atom is 0.164 e. The smallest absolute Gasteiger partial charge is 0.164 e. The first-order valence-electron chi connectivity index (χ1n) is 4.53. The van der Waals surface area contributed by atoms with Crippen LogP contribution in [0.3, 0.4) is 0 Å². The van der Waals surface area contributed by atoms with Gasteiger partial charge in [0.15, 0.2) is 11.5 Å². The van der Waals surface area contributed by atoms with Gasteiger partial charge in [0.25, 0.3) is 0 Å². The Hall–Kier alpha value is -1.42. The molecule has 0 saturated carbocycles. The molecule has 0 unspecified atom stereocenters. The van der Waals surface area contributed by atoms with E-state index in [1.54, 1.807) is 6.07 Å².